The lowest BCUT2D eigenvalue weighted by molar-refractivity contribution is 0.0496. The van der Waals surface area contributed by atoms with Gasteiger partial charge in [0.15, 0.2) is 0 Å². The van der Waals surface area contributed by atoms with E-state index >= 15 is 0 Å². The van der Waals surface area contributed by atoms with Crippen molar-refractivity contribution in [1.29, 1.82) is 0 Å². The maximum Gasteiger partial charge on any atom is 0.338 e. The first kappa shape index (κ1) is 9.25. The monoisotopic (exact) mass is 189 g/mol. The molecule has 1 aromatic rings. The van der Waals surface area contributed by atoms with E-state index in [9.17, 15) is 4.79 Å². The molecule has 0 spiro atoms. The number of carbonyl (C=O) groups is 1. The number of ether oxygens (including phenoxy) is 1. The molecular formula is C12H13O2. The molecular weight excluding hydrogens is 176 g/mol. The number of hydrogen-bond acceptors (Lipinski definition) is 2. The summed E-state index contributed by atoms with van der Waals surface area (Å²) in [6.45, 7) is 0.537. The average molecular weight is 189 g/mol. The van der Waals surface area contributed by atoms with E-state index in [1.54, 1.807) is 12.1 Å². The summed E-state index contributed by atoms with van der Waals surface area (Å²) < 4.78 is 5.12. The van der Waals surface area contributed by atoms with Gasteiger partial charge in [-0.15, -0.1) is 0 Å². The predicted molar refractivity (Wildman–Crippen MR) is 53.7 cm³/mol. The van der Waals surface area contributed by atoms with Crippen LogP contribution in [0.4, 0.5) is 0 Å². The topological polar surface area (TPSA) is 26.3 Å². The van der Waals surface area contributed by atoms with E-state index in [1.807, 2.05) is 18.2 Å². The van der Waals surface area contributed by atoms with Crippen LogP contribution in [-0.4, -0.2) is 12.6 Å². The molecule has 2 nitrogen and oxygen atoms in total. The van der Waals surface area contributed by atoms with E-state index in [-0.39, 0.29) is 5.97 Å². The van der Waals surface area contributed by atoms with E-state index in [4.69, 9.17) is 4.74 Å². The van der Waals surface area contributed by atoms with Gasteiger partial charge in [0.1, 0.15) is 0 Å². The van der Waals surface area contributed by atoms with Gasteiger partial charge in [-0.1, -0.05) is 18.2 Å². The summed E-state index contributed by atoms with van der Waals surface area (Å²) in [4.78, 5) is 11.4. The molecule has 2 heteroatoms. The van der Waals surface area contributed by atoms with Gasteiger partial charge in [0, 0.05) is 0 Å². The minimum absolute atomic E-state index is 0.216. The van der Waals surface area contributed by atoms with Crippen molar-refractivity contribution in [2.24, 2.45) is 5.92 Å². The Morgan fingerprint density at radius 2 is 2.07 bits per heavy atom. The first-order valence-electron chi connectivity index (χ1n) is 4.92. The number of benzene rings is 1. The second-order valence-electron chi connectivity index (χ2n) is 3.52. The molecule has 1 saturated carbocycles. The van der Waals surface area contributed by atoms with Crippen molar-refractivity contribution in [3.63, 3.8) is 0 Å². The lowest BCUT2D eigenvalue weighted by atomic mass is 10.2. The van der Waals surface area contributed by atoms with Crippen molar-refractivity contribution in [1.82, 2.24) is 0 Å². The Labute approximate surface area is 83.9 Å². The fourth-order valence-corrected chi connectivity index (χ4v) is 1.29. The highest BCUT2D eigenvalue weighted by molar-refractivity contribution is 5.89. The third-order valence-electron chi connectivity index (χ3n) is 2.30. The van der Waals surface area contributed by atoms with Crippen molar-refractivity contribution < 1.29 is 9.53 Å². The summed E-state index contributed by atoms with van der Waals surface area (Å²) in [5.41, 5.74) is 0.632. The van der Waals surface area contributed by atoms with E-state index in [2.05, 4.69) is 6.42 Å². The molecule has 1 fully saturated rings. The Hall–Kier alpha value is -1.31. The smallest absolute Gasteiger partial charge is 0.338 e. The molecule has 73 valence electrons. The largest absolute Gasteiger partial charge is 0.462 e. The maximum absolute atomic E-state index is 11.4. The molecule has 0 aromatic heterocycles. The minimum Gasteiger partial charge on any atom is -0.462 e. The molecule has 1 unspecified atom stereocenters. The van der Waals surface area contributed by atoms with E-state index < -0.39 is 0 Å². The van der Waals surface area contributed by atoms with Gasteiger partial charge in [-0.3, -0.25) is 0 Å². The first-order chi connectivity index (χ1) is 6.86. The van der Waals surface area contributed by atoms with Gasteiger partial charge in [-0.2, -0.15) is 0 Å². The molecule has 2 rings (SSSR count). The van der Waals surface area contributed by atoms with Crippen LogP contribution in [-0.2, 0) is 4.74 Å². The van der Waals surface area contributed by atoms with Crippen molar-refractivity contribution in [3.05, 3.63) is 42.3 Å². The van der Waals surface area contributed by atoms with Crippen molar-refractivity contribution in [2.75, 3.05) is 6.61 Å². The summed E-state index contributed by atoms with van der Waals surface area (Å²) in [6, 6.07) is 9.10. The maximum atomic E-state index is 11.4. The molecule has 1 aliphatic rings. The van der Waals surface area contributed by atoms with Crippen LogP contribution in [0.15, 0.2) is 30.3 Å². The summed E-state index contributed by atoms with van der Waals surface area (Å²) >= 11 is 0. The molecule has 0 heterocycles. The predicted octanol–water partition coefficient (Wildman–Crippen LogP) is 2.46. The highest BCUT2D eigenvalue weighted by Gasteiger charge is 2.21. The van der Waals surface area contributed by atoms with E-state index in [1.165, 1.54) is 6.42 Å². The molecule has 1 radical (unpaired) electrons. The normalized spacial score (nSPS) is 15.1. The standard InChI is InChI=1S/C12H13O2/c13-12(11-4-2-1-3-5-11)14-9-8-10-6-7-10/h1-6,10H,7-9H2. The summed E-state index contributed by atoms with van der Waals surface area (Å²) in [5, 5.41) is 0. The van der Waals surface area contributed by atoms with Gasteiger partial charge < -0.3 is 4.74 Å². The SMILES string of the molecule is O=C(OCCC1[CH]C1)c1ccccc1. The lowest BCUT2D eigenvalue weighted by Crippen LogP contribution is -2.06. The second-order valence-corrected chi connectivity index (χ2v) is 3.52. The Morgan fingerprint density at radius 3 is 2.71 bits per heavy atom. The number of hydrogen-bond donors (Lipinski definition) is 0. The molecule has 0 bridgehead atoms. The fourth-order valence-electron chi connectivity index (χ4n) is 1.29. The van der Waals surface area contributed by atoms with Crippen LogP contribution in [0.3, 0.4) is 0 Å². The Bertz CT molecular complexity index is 301. The number of carbonyl (C=O) groups excluding carboxylic acids is 1. The zero-order valence-electron chi connectivity index (χ0n) is 7.98. The van der Waals surface area contributed by atoms with E-state index in [0.29, 0.717) is 18.1 Å². The third kappa shape index (κ3) is 2.59. The molecule has 14 heavy (non-hydrogen) atoms. The summed E-state index contributed by atoms with van der Waals surface area (Å²) in [5.74, 6) is 0.477. The van der Waals surface area contributed by atoms with Gasteiger partial charge >= 0.3 is 5.97 Å². The third-order valence-corrected chi connectivity index (χ3v) is 2.30. The number of rotatable bonds is 4. The molecule has 0 N–H and O–H groups in total. The first-order valence-corrected chi connectivity index (χ1v) is 4.92. The molecule has 1 aliphatic carbocycles. The molecule has 1 atom stereocenters. The highest BCUT2D eigenvalue weighted by atomic mass is 16.5. The van der Waals surface area contributed by atoms with Crippen LogP contribution < -0.4 is 0 Å². The van der Waals surface area contributed by atoms with Crippen LogP contribution in [0.5, 0.6) is 0 Å². The fraction of sp³-hybridized carbons (Fsp3) is 0.333. The minimum atomic E-state index is -0.216. The van der Waals surface area contributed by atoms with Crippen LogP contribution in [0.1, 0.15) is 23.2 Å². The van der Waals surface area contributed by atoms with Crippen LogP contribution in [0.25, 0.3) is 0 Å². The van der Waals surface area contributed by atoms with Gasteiger partial charge in [0.25, 0.3) is 0 Å². The van der Waals surface area contributed by atoms with E-state index in [0.717, 1.165) is 6.42 Å². The highest BCUT2D eigenvalue weighted by Crippen LogP contribution is 2.30. The van der Waals surface area contributed by atoms with Crippen LogP contribution in [0, 0.1) is 12.3 Å². The molecule has 0 aliphatic heterocycles. The zero-order valence-corrected chi connectivity index (χ0v) is 7.98. The van der Waals surface area contributed by atoms with Gasteiger partial charge in [0.05, 0.1) is 12.2 Å². The van der Waals surface area contributed by atoms with Gasteiger partial charge in [-0.05, 0) is 37.3 Å². The summed E-state index contributed by atoms with van der Waals surface area (Å²) in [6.07, 6.45) is 4.39. The Kier molecular flexibility index (Phi) is 2.82. The Balaban J connectivity index is 1.77. The van der Waals surface area contributed by atoms with Crippen molar-refractivity contribution >= 4 is 5.97 Å². The number of esters is 1. The van der Waals surface area contributed by atoms with Crippen molar-refractivity contribution in [2.45, 2.75) is 12.8 Å². The van der Waals surface area contributed by atoms with Gasteiger partial charge in [-0.25, -0.2) is 4.79 Å². The molecule has 1 aromatic carbocycles. The van der Waals surface area contributed by atoms with Crippen LogP contribution >= 0.6 is 0 Å². The summed E-state index contributed by atoms with van der Waals surface area (Å²) in [7, 11) is 0. The van der Waals surface area contributed by atoms with Gasteiger partial charge in [0.2, 0.25) is 0 Å². The van der Waals surface area contributed by atoms with Crippen LogP contribution in [0.2, 0.25) is 0 Å². The van der Waals surface area contributed by atoms with Crippen molar-refractivity contribution in [3.8, 4) is 0 Å². The molecule has 0 amide bonds. The second kappa shape index (κ2) is 4.27. The lowest BCUT2D eigenvalue weighted by Gasteiger charge is -2.03. The Morgan fingerprint density at radius 1 is 1.36 bits per heavy atom. The molecule has 0 saturated heterocycles. The zero-order chi connectivity index (χ0) is 9.80. The quantitative estimate of drug-likeness (QED) is 0.680. The average Bonchev–Trinajstić information content (AvgIpc) is 3.03.